The van der Waals surface area contributed by atoms with Crippen LogP contribution in [0.3, 0.4) is 0 Å². The number of ether oxygens (including phenoxy) is 1. The van der Waals surface area contributed by atoms with Crippen LogP contribution in [0.4, 0.5) is 18.9 Å². The highest BCUT2D eigenvalue weighted by Crippen LogP contribution is 2.28. The Morgan fingerprint density at radius 1 is 1.33 bits per heavy atom. The number of anilines is 1. The third kappa shape index (κ3) is 4.86. The fraction of sp³-hybridized carbons (Fsp3) is 0.333. The van der Waals surface area contributed by atoms with Gasteiger partial charge in [0.1, 0.15) is 6.04 Å². The van der Waals surface area contributed by atoms with E-state index in [1.807, 2.05) is 0 Å². The number of halogens is 3. The third-order valence-corrected chi connectivity index (χ3v) is 2.48. The normalized spacial score (nSPS) is 12.4. The van der Waals surface area contributed by atoms with Gasteiger partial charge in [0, 0.05) is 12.6 Å². The van der Waals surface area contributed by atoms with Crippen molar-refractivity contribution in [3.63, 3.8) is 0 Å². The molecule has 1 atom stereocenters. The monoisotopic (exact) mass is 305 g/mol. The van der Waals surface area contributed by atoms with Crippen molar-refractivity contribution in [1.82, 2.24) is 10.6 Å². The van der Waals surface area contributed by atoms with Crippen LogP contribution in [0.15, 0.2) is 18.2 Å². The lowest BCUT2D eigenvalue weighted by Gasteiger charge is -2.14. The molecule has 21 heavy (non-hydrogen) atoms. The van der Waals surface area contributed by atoms with Crippen molar-refractivity contribution >= 4 is 17.5 Å². The van der Waals surface area contributed by atoms with Crippen LogP contribution in [0.1, 0.15) is 17.3 Å². The summed E-state index contributed by atoms with van der Waals surface area (Å²) in [4.78, 5) is 23.1. The second-order valence-electron chi connectivity index (χ2n) is 4.11. The quantitative estimate of drug-likeness (QED) is 0.724. The second-order valence-corrected chi connectivity index (χ2v) is 4.11. The van der Waals surface area contributed by atoms with Crippen molar-refractivity contribution < 1.29 is 27.5 Å². The van der Waals surface area contributed by atoms with Crippen LogP contribution in [0, 0.1) is 0 Å². The highest BCUT2D eigenvalue weighted by Gasteiger charge is 2.32. The van der Waals surface area contributed by atoms with Crippen LogP contribution in [0.25, 0.3) is 0 Å². The number of amides is 2. The van der Waals surface area contributed by atoms with Crippen molar-refractivity contribution in [3.05, 3.63) is 23.8 Å². The second kappa shape index (κ2) is 6.33. The molecule has 1 rings (SSSR count). The first-order valence-corrected chi connectivity index (χ1v) is 5.81. The largest absolute Gasteiger partial charge is 0.573 e. The number of hydrogen-bond donors (Lipinski definition) is 3. The lowest BCUT2D eigenvalue weighted by atomic mass is 10.1. The summed E-state index contributed by atoms with van der Waals surface area (Å²) >= 11 is 0. The Hall–Kier alpha value is -2.45. The van der Waals surface area contributed by atoms with Gasteiger partial charge in [0.25, 0.3) is 5.91 Å². The van der Waals surface area contributed by atoms with Gasteiger partial charge in [0.2, 0.25) is 5.91 Å². The molecule has 0 aliphatic carbocycles. The van der Waals surface area contributed by atoms with Gasteiger partial charge >= 0.3 is 6.36 Å². The van der Waals surface area contributed by atoms with Gasteiger partial charge < -0.3 is 21.1 Å². The van der Waals surface area contributed by atoms with Gasteiger partial charge in [-0.15, -0.1) is 13.2 Å². The fourth-order valence-corrected chi connectivity index (χ4v) is 1.47. The summed E-state index contributed by atoms with van der Waals surface area (Å²) in [5, 5.41) is 4.72. The predicted octanol–water partition coefficient (Wildman–Crippen LogP) is 1.03. The zero-order valence-corrected chi connectivity index (χ0v) is 11.2. The number of alkyl halides is 3. The highest BCUT2D eigenvalue weighted by molar-refractivity contribution is 5.98. The van der Waals surface area contributed by atoms with Crippen LogP contribution >= 0.6 is 0 Å². The molecule has 9 heteroatoms. The smallest absolute Gasteiger partial charge is 0.404 e. The molecule has 0 spiro atoms. The summed E-state index contributed by atoms with van der Waals surface area (Å²) in [6.45, 7) is 1.46. The summed E-state index contributed by atoms with van der Waals surface area (Å²) in [5.74, 6) is -1.65. The van der Waals surface area contributed by atoms with E-state index in [9.17, 15) is 22.8 Å². The number of likely N-dealkylation sites (N-methyl/N-ethyl adjacent to an activating group) is 1. The van der Waals surface area contributed by atoms with Gasteiger partial charge in [-0.05, 0) is 25.1 Å². The predicted molar refractivity (Wildman–Crippen MR) is 68.5 cm³/mol. The summed E-state index contributed by atoms with van der Waals surface area (Å²) in [6.07, 6.45) is -4.87. The molecule has 0 radical (unpaired) electrons. The van der Waals surface area contributed by atoms with Crippen molar-refractivity contribution in [2.24, 2.45) is 0 Å². The Morgan fingerprint density at radius 2 is 1.95 bits per heavy atom. The summed E-state index contributed by atoms with van der Waals surface area (Å²) < 4.78 is 39.9. The van der Waals surface area contributed by atoms with Gasteiger partial charge in [-0.3, -0.25) is 9.59 Å². The number of nitrogen functional groups attached to an aromatic ring is 1. The van der Waals surface area contributed by atoms with Crippen molar-refractivity contribution in [1.29, 1.82) is 0 Å². The Kier molecular flexibility index (Phi) is 5.01. The first-order valence-electron chi connectivity index (χ1n) is 5.81. The molecule has 0 saturated carbocycles. The zero-order chi connectivity index (χ0) is 16.2. The molecule has 0 aromatic heterocycles. The van der Waals surface area contributed by atoms with E-state index in [1.54, 1.807) is 0 Å². The number of nitrogens with two attached hydrogens (primary N) is 1. The third-order valence-electron chi connectivity index (χ3n) is 2.48. The van der Waals surface area contributed by atoms with Crippen LogP contribution in [0.5, 0.6) is 5.75 Å². The van der Waals surface area contributed by atoms with Crippen LogP contribution < -0.4 is 21.1 Å². The lowest BCUT2D eigenvalue weighted by Crippen LogP contribution is -2.43. The summed E-state index contributed by atoms with van der Waals surface area (Å²) in [7, 11) is 1.41. The number of benzene rings is 1. The molecule has 0 fully saturated rings. The molecule has 6 nitrogen and oxygen atoms in total. The molecule has 116 valence electrons. The first-order chi connectivity index (χ1) is 9.64. The van der Waals surface area contributed by atoms with Gasteiger partial charge in [-0.25, -0.2) is 0 Å². The molecule has 0 aliphatic heterocycles. The molecule has 0 heterocycles. The van der Waals surface area contributed by atoms with Crippen LogP contribution in [-0.2, 0) is 4.79 Å². The number of carbonyl (C=O) groups excluding carboxylic acids is 2. The minimum absolute atomic E-state index is 0.0118. The van der Waals surface area contributed by atoms with Crippen molar-refractivity contribution in [2.45, 2.75) is 19.3 Å². The maximum atomic E-state index is 12.1. The molecule has 0 saturated heterocycles. The first kappa shape index (κ1) is 16.6. The van der Waals surface area contributed by atoms with E-state index >= 15 is 0 Å². The number of rotatable bonds is 4. The topological polar surface area (TPSA) is 93.5 Å². The van der Waals surface area contributed by atoms with Crippen LogP contribution in [-0.4, -0.2) is 31.3 Å². The summed E-state index contributed by atoms with van der Waals surface area (Å²) in [6, 6.07) is 2.29. The maximum absolute atomic E-state index is 12.1. The standard InChI is InChI=1S/C12H14F3N3O3/c1-6(10(19)17-2)18-11(20)7-3-4-9(8(16)5-7)21-12(13,14)15/h3-6H,16H2,1-2H3,(H,17,19)(H,18,20). The maximum Gasteiger partial charge on any atom is 0.573 e. The molecule has 2 amide bonds. The Labute approximate surface area is 118 Å². The molecular formula is C12H14F3N3O3. The van der Waals surface area contributed by atoms with Crippen molar-refractivity contribution in [3.8, 4) is 5.75 Å². The number of carbonyl (C=O) groups is 2. The Bertz CT molecular complexity index is 546. The Morgan fingerprint density at radius 3 is 2.43 bits per heavy atom. The number of hydrogen-bond acceptors (Lipinski definition) is 4. The van der Waals surface area contributed by atoms with Crippen molar-refractivity contribution in [2.75, 3.05) is 12.8 Å². The minimum Gasteiger partial charge on any atom is -0.404 e. The highest BCUT2D eigenvalue weighted by atomic mass is 19.4. The van der Waals surface area contributed by atoms with Gasteiger partial charge in [0.05, 0.1) is 5.69 Å². The van der Waals surface area contributed by atoms with E-state index in [-0.39, 0.29) is 11.3 Å². The van der Waals surface area contributed by atoms with E-state index in [1.165, 1.54) is 14.0 Å². The van der Waals surface area contributed by atoms with E-state index in [4.69, 9.17) is 5.73 Å². The van der Waals surface area contributed by atoms with Crippen LogP contribution in [0.2, 0.25) is 0 Å². The Balaban J connectivity index is 2.84. The van der Waals surface area contributed by atoms with E-state index in [0.29, 0.717) is 0 Å². The SMILES string of the molecule is CNC(=O)C(C)NC(=O)c1ccc(OC(F)(F)F)c(N)c1. The molecule has 1 unspecified atom stereocenters. The number of nitrogens with one attached hydrogen (secondary N) is 2. The molecule has 0 bridgehead atoms. The van der Waals surface area contributed by atoms with Gasteiger partial charge in [-0.1, -0.05) is 0 Å². The lowest BCUT2D eigenvalue weighted by molar-refractivity contribution is -0.274. The average Bonchev–Trinajstić information content (AvgIpc) is 2.38. The molecule has 1 aromatic rings. The average molecular weight is 305 g/mol. The minimum atomic E-state index is -4.87. The van der Waals surface area contributed by atoms with Gasteiger partial charge in [0.15, 0.2) is 5.75 Å². The van der Waals surface area contributed by atoms with Gasteiger partial charge in [-0.2, -0.15) is 0 Å². The molecule has 1 aromatic carbocycles. The fourth-order valence-electron chi connectivity index (χ4n) is 1.47. The van der Waals surface area contributed by atoms with E-state index in [0.717, 1.165) is 18.2 Å². The van der Waals surface area contributed by atoms with E-state index in [2.05, 4.69) is 15.4 Å². The van der Waals surface area contributed by atoms with E-state index < -0.39 is 30.0 Å². The molecular weight excluding hydrogens is 291 g/mol. The molecule has 4 N–H and O–H groups in total. The zero-order valence-electron chi connectivity index (χ0n) is 11.2. The molecule has 0 aliphatic rings. The summed E-state index contributed by atoms with van der Waals surface area (Å²) in [5.41, 5.74) is 5.07.